The second kappa shape index (κ2) is 8.18. The first kappa shape index (κ1) is 20.7. The van der Waals surface area contributed by atoms with E-state index in [0.717, 1.165) is 12.8 Å². The van der Waals surface area contributed by atoms with Gasteiger partial charge < -0.3 is 0 Å². The van der Waals surface area contributed by atoms with Gasteiger partial charge in [0.2, 0.25) is 10.0 Å². The van der Waals surface area contributed by atoms with Gasteiger partial charge in [0.25, 0.3) is 15.9 Å². The number of benzene rings is 2. The molecule has 2 aromatic rings. The third-order valence-corrected chi connectivity index (χ3v) is 7.87. The molecule has 0 saturated carbocycles. The fraction of sp³-hybridized carbons (Fsp3) is 0.235. The van der Waals surface area contributed by atoms with E-state index in [1.54, 1.807) is 6.07 Å². The lowest BCUT2D eigenvalue weighted by Crippen LogP contribution is -2.41. The molecule has 1 fully saturated rings. The zero-order chi connectivity index (χ0) is 20.4. The Morgan fingerprint density at radius 1 is 0.964 bits per heavy atom. The molecule has 0 unspecified atom stereocenters. The zero-order valence-electron chi connectivity index (χ0n) is 14.6. The molecule has 11 heteroatoms. The Kier molecular flexibility index (Phi) is 6.06. The molecule has 2 N–H and O–H groups in total. The lowest BCUT2D eigenvalue weighted by Gasteiger charge is -2.16. The number of halogens is 1. The Labute approximate surface area is 168 Å². The Morgan fingerprint density at radius 3 is 2.32 bits per heavy atom. The van der Waals surface area contributed by atoms with E-state index < -0.39 is 26.0 Å². The van der Waals surface area contributed by atoms with E-state index in [0.29, 0.717) is 13.1 Å². The Morgan fingerprint density at radius 2 is 1.64 bits per heavy atom. The van der Waals surface area contributed by atoms with E-state index in [1.807, 2.05) is 4.83 Å². The number of carbonyl (C=O) groups excluding carboxylic acids is 1. The number of rotatable bonds is 6. The van der Waals surface area contributed by atoms with Gasteiger partial charge in [0.15, 0.2) is 0 Å². The van der Waals surface area contributed by atoms with Crippen molar-refractivity contribution in [1.82, 2.24) is 14.6 Å². The number of nitrogens with zero attached hydrogens (tertiary/aromatic N) is 1. The van der Waals surface area contributed by atoms with E-state index in [1.165, 1.54) is 46.8 Å². The van der Waals surface area contributed by atoms with Gasteiger partial charge in [0.1, 0.15) is 4.90 Å². The maximum absolute atomic E-state index is 12.6. The first-order valence-electron chi connectivity index (χ1n) is 8.39. The highest BCUT2D eigenvalue weighted by Gasteiger charge is 2.27. The number of amides is 1. The second-order valence-electron chi connectivity index (χ2n) is 6.13. The second-order valence-corrected chi connectivity index (χ2v) is 10.1. The van der Waals surface area contributed by atoms with Crippen LogP contribution in [0.5, 0.6) is 0 Å². The summed E-state index contributed by atoms with van der Waals surface area (Å²) in [5.74, 6) is -0.797. The fourth-order valence-electron chi connectivity index (χ4n) is 2.78. The lowest BCUT2D eigenvalue weighted by atomic mass is 10.2. The summed E-state index contributed by atoms with van der Waals surface area (Å²) < 4.78 is 51.2. The molecule has 0 aromatic heterocycles. The largest absolute Gasteiger partial charge is 0.273 e. The van der Waals surface area contributed by atoms with Crippen molar-refractivity contribution in [2.45, 2.75) is 22.6 Å². The van der Waals surface area contributed by atoms with Crippen LogP contribution in [0.1, 0.15) is 23.2 Å². The van der Waals surface area contributed by atoms with Crippen molar-refractivity contribution >= 4 is 37.6 Å². The number of nitrogens with one attached hydrogen (secondary N) is 2. The summed E-state index contributed by atoms with van der Waals surface area (Å²) >= 11 is 5.87. The number of hydrogen-bond acceptors (Lipinski definition) is 5. The third-order valence-electron chi connectivity index (χ3n) is 4.22. The maximum Gasteiger partial charge on any atom is 0.266 e. The molecule has 1 saturated heterocycles. The minimum Gasteiger partial charge on any atom is -0.273 e. The van der Waals surface area contributed by atoms with Crippen molar-refractivity contribution in [3.8, 4) is 0 Å². The summed E-state index contributed by atoms with van der Waals surface area (Å²) in [5, 5.41) is 0.00273. The van der Waals surface area contributed by atoms with Crippen LogP contribution in [0.25, 0.3) is 0 Å². The summed E-state index contributed by atoms with van der Waals surface area (Å²) in [6.07, 6.45) is 1.59. The van der Waals surface area contributed by atoms with Gasteiger partial charge in [-0.25, -0.2) is 16.8 Å². The topological polar surface area (TPSA) is 113 Å². The van der Waals surface area contributed by atoms with Gasteiger partial charge in [-0.05, 0) is 43.2 Å². The van der Waals surface area contributed by atoms with Crippen LogP contribution in [0.2, 0.25) is 5.02 Å². The monoisotopic (exact) mass is 443 g/mol. The third kappa shape index (κ3) is 4.36. The van der Waals surface area contributed by atoms with E-state index in [9.17, 15) is 21.6 Å². The van der Waals surface area contributed by atoms with Crippen molar-refractivity contribution in [2.75, 3.05) is 13.1 Å². The van der Waals surface area contributed by atoms with Gasteiger partial charge in [-0.15, -0.1) is 4.83 Å². The van der Waals surface area contributed by atoms with Crippen molar-refractivity contribution in [3.63, 3.8) is 0 Å². The summed E-state index contributed by atoms with van der Waals surface area (Å²) in [7, 11) is -7.78. The average molecular weight is 444 g/mol. The Hall–Kier alpha value is -1.98. The van der Waals surface area contributed by atoms with Crippen LogP contribution in [-0.4, -0.2) is 40.1 Å². The number of sulfonamides is 2. The molecule has 0 spiro atoms. The first-order chi connectivity index (χ1) is 13.2. The Balaban J connectivity index is 1.76. The summed E-state index contributed by atoms with van der Waals surface area (Å²) in [6, 6.07) is 11.2. The molecule has 1 amide bonds. The van der Waals surface area contributed by atoms with Gasteiger partial charge >= 0.3 is 0 Å². The first-order valence-corrected chi connectivity index (χ1v) is 11.7. The molecule has 28 heavy (non-hydrogen) atoms. The minimum atomic E-state index is -4.09. The van der Waals surface area contributed by atoms with E-state index >= 15 is 0 Å². The quantitative estimate of drug-likeness (QED) is 0.660. The van der Waals surface area contributed by atoms with Crippen molar-refractivity contribution in [3.05, 3.63) is 59.1 Å². The van der Waals surface area contributed by atoms with Crippen LogP contribution < -0.4 is 10.3 Å². The minimum absolute atomic E-state index is 0.00197. The zero-order valence-corrected chi connectivity index (χ0v) is 17.0. The van der Waals surface area contributed by atoms with Crippen LogP contribution in [0.3, 0.4) is 0 Å². The molecule has 1 heterocycles. The normalized spacial score (nSPS) is 15.5. The predicted octanol–water partition coefficient (Wildman–Crippen LogP) is 1.75. The molecule has 0 atom stereocenters. The van der Waals surface area contributed by atoms with E-state index in [4.69, 9.17) is 11.6 Å². The molecular formula is C17H18ClN3O5S2. The molecule has 1 aliphatic rings. The molecule has 0 aliphatic carbocycles. The highest BCUT2D eigenvalue weighted by Crippen LogP contribution is 2.22. The molecule has 0 radical (unpaired) electrons. The SMILES string of the molecule is O=C(NNS(=O)(=O)c1ccccc1Cl)c1cccc(S(=O)(=O)N2CCCC2)c1. The fourth-order valence-corrected chi connectivity index (χ4v) is 5.70. The molecule has 2 aromatic carbocycles. The highest BCUT2D eigenvalue weighted by molar-refractivity contribution is 7.89. The van der Waals surface area contributed by atoms with E-state index in [2.05, 4.69) is 5.43 Å². The van der Waals surface area contributed by atoms with Crippen molar-refractivity contribution in [2.24, 2.45) is 0 Å². The molecule has 3 rings (SSSR count). The molecule has 0 bridgehead atoms. The van der Waals surface area contributed by atoms with Crippen LogP contribution in [0.15, 0.2) is 58.3 Å². The Bertz CT molecular complexity index is 1100. The maximum atomic E-state index is 12.6. The lowest BCUT2D eigenvalue weighted by molar-refractivity contribution is 0.0945. The van der Waals surface area contributed by atoms with Crippen molar-refractivity contribution in [1.29, 1.82) is 0 Å². The van der Waals surface area contributed by atoms with Gasteiger partial charge in [0.05, 0.1) is 9.92 Å². The molecule has 8 nitrogen and oxygen atoms in total. The molecular weight excluding hydrogens is 426 g/mol. The van der Waals surface area contributed by atoms with Crippen molar-refractivity contribution < 1.29 is 21.6 Å². The summed E-state index contributed by atoms with van der Waals surface area (Å²) in [5.41, 5.74) is 2.07. The van der Waals surface area contributed by atoms with Gasteiger partial charge in [-0.2, -0.15) is 4.31 Å². The van der Waals surface area contributed by atoms with E-state index in [-0.39, 0.29) is 20.4 Å². The molecule has 1 aliphatic heterocycles. The summed E-state index contributed by atoms with van der Waals surface area (Å²) in [4.78, 5) is 14.1. The summed E-state index contributed by atoms with van der Waals surface area (Å²) in [6.45, 7) is 0.882. The molecule has 150 valence electrons. The van der Waals surface area contributed by atoms with Crippen LogP contribution in [-0.2, 0) is 20.0 Å². The smallest absolute Gasteiger partial charge is 0.266 e. The van der Waals surface area contributed by atoms with Gasteiger partial charge in [-0.1, -0.05) is 29.8 Å². The number of hydrogen-bond donors (Lipinski definition) is 2. The average Bonchev–Trinajstić information content (AvgIpc) is 3.22. The van der Waals surface area contributed by atoms with Crippen LogP contribution in [0, 0.1) is 0 Å². The van der Waals surface area contributed by atoms with Crippen LogP contribution >= 0.6 is 11.6 Å². The van der Waals surface area contributed by atoms with Gasteiger partial charge in [-0.3, -0.25) is 10.2 Å². The highest BCUT2D eigenvalue weighted by atomic mass is 35.5. The standard InChI is InChI=1S/C17H18ClN3O5S2/c18-15-8-1-2-9-16(15)27(23,24)20-19-17(22)13-6-5-7-14(12-13)28(25,26)21-10-3-4-11-21/h1-2,5-9,12,20H,3-4,10-11H2,(H,19,22). The van der Waals surface area contributed by atoms with Gasteiger partial charge in [0, 0.05) is 18.7 Å². The van der Waals surface area contributed by atoms with Crippen LogP contribution in [0.4, 0.5) is 0 Å². The number of hydrazine groups is 1. The number of carbonyl (C=O) groups is 1. The predicted molar refractivity (Wildman–Crippen MR) is 104 cm³/mol.